The minimum Gasteiger partial charge on any atom is -0.492 e. The summed E-state index contributed by atoms with van der Waals surface area (Å²) in [5.74, 6) is 3.11. The predicted molar refractivity (Wildman–Crippen MR) is 86.6 cm³/mol. The lowest BCUT2D eigenvalue weighted by molar-refractivity contribution is 0.319. The lowest BCUT2D eigenvalue weighted by Gasteiger charge is -2.10. The monoisotopic (exact) mass is 301 g/mol. The van der Waals surface area contributed by atoms with Crippen LogP contribution in [0, 0.1) is 0 Å². The predicted octanol–water partition coefficient (Wildman–Crippen LogP) is 4.36. The van der Waals surface area contributed by atoms with E-state index >= 15 is 0 Å². The summed E-state index contributed by atoms with van der Waals surface area (Å²) in [4.78, 5) is 0. The molecule has 19 heavy (non-hydrogen) atoms. The summed E-state index contributed by atoms with van der Waals surface area (Å²) in [6.07, 6.45) is 2.21. The smallest absolute Gasteiger partial charge is 0.137 e. The van der Waals surface area contributed by atoms with Gasteiger partial charge >= 0.3 is 0 Å². The van der Waals surface area contributed by atoms with Gasteiger partial charge in [-0.1, -0.05) is 31.5 Å². The van der Waals surface area contributed by atoms with Crippen molar-refractivity contribution in [2.24, 2.45) is 0 Å². The van der Waals surface area contributed by atoms with Crippen molar-refractivity contribution < 1.29 is 4.74 Å². The van der Waals surface area contributed by atoms with E-state index < -0.39 is 0 Å². The number of hydrogen-bond acceptors (Lipinski definition) is 3. The fourth-order valence-corrected chi connectivity index (χ4v) is 2.54. The highest BCUT2D eigenvalue weighted by atomic mass is 35.5. The second-order valence-corrected chi connectivity index (χ2v) is 6.14. The molecule has 0 atom stereocenters. The number of ether oxygens (including phenoxy) is 1. The summed E-state index contributed by atoms with van der Waals surface area (Å²) in [6, 6.07) is 6.03. The maximum atomic E-state index is 6.22. The third-order valence-electron chi connectivity index (χ3n) is 2.65. The van der Waals surface area contributed by atoms with Crippen LogP contribution in [0.4, 0.5) is 0 Å². The molecule has 0 radical (unpaired) electrons. The number of benzene rings is 1. The van der Waals surface area contributed by atoms with Crippen LogP contribution in [0.2, 0.25) is 5.02 Å². The molecular formula is C15H24ClNOS. The number of rotatable bonds is 10. The average Bonchev–Trinajstić information content (AvgIpc) is 2.41. The normalized spacial score (nSPS) is 10.7. The first-order chi connectivity index (χ1) is 9.27. The van der Waals surface area contributed by atoms with Gasteiger partial charge in [-0.2, -0.15) is 11.8 Å². The molecule has 0 unspecified atom stereocenters. The highest BCUT2D eigenvalue weighted by Crippen LogP contribution is 2.25. The minimum atomic E-state index is 0.707. The molecule has 0 aliphatic carbocycles. The Labute approximate surface area is 126 Å². The molecule has 0 spiro atoms. The molecule has 108 valence electrons. The van der Waals surface area contributed by atoms with Crippen molar-refractivity contribution in [1.29, 1.82) is 0 Å². The first kappa shape index (κ1) is 16.7. The van der Waals surface area contributed by atoms with Crippen LogP contribution in [0.15, 0.2) is 18.2 Å². The Hall–Kier alpha value is -0.380. The standard InChI is InChI=1S/C15H24ClNOS/c1-3-8-17-12-13-6-7-15(14(16)11-13)18-9-5-10-19-4-2/h6-7,11,17H,3-5,8-10,12H2,1-2H3. The molecule has 0 saturated heterocycles. The molecule has 1 aromatic carbocycles. The van der Waals surface area contributed by atoms with Crippen LogP contribution in [0.25, 0.3) is 0 Å². The van der Waals surface area contributed by atoms with Gasteiger partial charge in [0, 0.05) is 6.54 Å². The number of halogens is 1. The van der Waals surface area contributed by atoms with E-state index in [-0.39, 0.29) is 0 Å². The average molecular weight is 302 g/mol. The van der Waals surface area contributed by atoms with Gasteiger partial charge in [-0.05, 0) is 48.6 Å². The van der Waals surface area contributed by atoms with Crippen molar-refractivity contribution in [3.8, 4) is 5.75 Å². The number of hydrogen-bond donors (Lipinski definition) is 1. The summed E-state index contributed by atoms with van der Waals surface area (Å²) in [6.45, 7) is 6.97. The molecule has 1 aromatic rings. The molecule has 4 heteroatoms. The van der Waals surface area contributed by atoms with E-state index in [1.165, 1.54) is 11.3 Å². The molecule has 1 rings (SSSR count). The van der Waals surface area contributed by atoms with Crippen LogP contribution < -0.4 is 10.1 Å². The van der Waals surface area contributed by atoms with Crippen LogP contribution >= 0.6 is 23.4 Å². The Morgan fingerprint density at radius 3 is 2.84 bits per heavy atom. The fraction of sp³-hybridized carbons (Fsp3) is 0.600. The van der Waals surface area contributed by atoms with E-state index in [2.05, 4.69) is 25.2 Å². The largest absolute Gasteiger partial charge is 0.492 e. The van der Waals surface area contributed by atoms with E-state index in [0.717, 1.165) is 44.0 Å². The highest BCUT2D eigenvalue weighted by Gasteiger charge is 2.03. The third-order valence-corrected chi connectivity index (χ3v) is 3.93. The van der Waals surface area contributed by atoms with Gasteiger partial charge in [-0.15, -0.1) is 0 Å². The molecule has 0 aliphatic heterocycles. The van der Waals surface area contributed by atoms with Crippen molar-refractivity contribution in [3.05, 3.63) is 28.8 Å². The summed E-state index contributed by atoms with van der Waals surface area (Å²) in [7, 11) is 0. The van der Waals surface area contributed by atoms with Gasteiger partial charge in [-0.25, -0.2) is 0 Å². The number of thioether (sulfide) groups is 1. The molecule has 0 saturated carbocycles. The fourth-order valence-electron chi connectivity index (χ4n) is 1.67. The van der Waals surface area contributed by atoms with Gasteiger partial charge < -0.3 is 10.1 Å². The molecule has 1 N–H and O–H groups in total. The first-order valence-corrected chi connectivity index (χ1v) is 8.50. The van der Waals surface area contributed by atoms with Crippen LogP contribution in [0.5, 0.6) is 5.75 Å². The Morgan fingerprint density at radius 2 is 2.16 bits per heavy atom. The molecular weight excluding hydrogens is 278 g/mol. The maximum absolute atomic E-state index is 6.22. The van der Waals surface area contributed by atoms with Gasteiger partial charge in [0.25, 0.3) is 0 Å². The summed E-state index contributed by atoms with van der Waals surface area (Å²) in [5.41, 5.74) is 1.20. The van der Waals surface area contributed by atoms with E-state index in [1.54, 1.807) is 0 Å². The quantitative estimate of drug-likeness (QED) is 0.649. The second-order valence-electron chi connectivity index (χ2n) is 4.34. The topological polar surface area (TPSA) is 21.3 Å². The lowest BCUT2D eigenvalue weighted by atomic mass is 10.2. The zero-order valence-electron chi connectivity index (χ0n) is 11.9. The Balaban J connectivity index is 2.34. The Bertz CT molecular complexity index is 360. The molecule has 0 amide bonds. The van der Waals surface area contributed by atoms with Gasteiger partial charge in [0.1, 0.15) is 5.75 Å². The zero-order valence-corrected chi connectivity index (χ0v) is 13.4. The van der Waals surface area contributed by atoms with Gasteiger partial charge in [-0.3, -0.25) is 0 Å². The van der Waals surface area contributed by atoms with Gasteiger partial charge in [0.15, 0.2) is 0 Å². The second kappa shape index (κ2) is 10.4. The molecule has 0 bridgehead atoms. The van der Waals surface area contributed by atoms with E-state index in [4.69, 9.17) is 16.3 Å². The van der Waals surface area contributed by atoms with Crippen LogP contribution in [0.1, 0.15) is 32.3 Å². The van der Waals surface area contributed by atoms with Crippen molar-refractivity contribution in [2.45, 2.75) is 33.2 Å². The third kappa shape index (κ3) is 7.09. The van der Waals surface area contributed by atoms with Gasteiger partial charge in [0.2, 0.25) is 0 Å². The highest BCUT2D eigenvalue weighted by molar-refractivity contribution is 7.99. The Kier molecular flexibility index (Phi) is 9.14. The van der Waals surface area contributed by atoms with Crippen molar-refractivity contribution in [1.82, 2.24) is 5.32 Å². The summed E-state index contributed by atoms with van der Waals surface area (Å²) >= 11 is 8.16. The minimum absolute atomic E-state index is 0.707. The first-order valence-electron chi connectivity index (χ1n) is 6.97. The van der Waals surface area contributed by atoms with E-state index in [0.29, 0.717) is 5.02 Å². The molecule has 0 heterocycles. The number of nitrogens with one attached hydrogen (secondary N) is 1. The molecule has 0 fully saturated rings. The maximum Gasteiger partial charge on any atom is 0.137 e. The SMILES string of the molecule is CCCNCc1ccc(OCCCSCC)c(Cl)c1. The van der Waals surface area contributed by atoms with Crippen LogP contribution in [-0.4, -0.2) is 24.7 Å². The zero-order chi connectivity index (χ0) is 13.9. The summed E-state index contributed by atoms with van der Waals surface area (Å²) < 4.78 is 5.70. The Morgan fingerprint density at radius 1 is 1.32 bits per heavy atom. The van der Waals surface area contributed by atoms with Crippen molar-refractivity contribution >= 4 is 23.4 Å². The molecule has 2 nitrogen and oxygen atoms in total. The van der Waals surface area contributed by atoms with Crippen molar-refractivity contribution in [3.63, 3.8) is 0 Å². The van der Waals surface area contributed by atoms with Crippen LogP contribution in [-0.2, 0) is 6.54 Å². The van der Waals surface area contributed by atoms with Crippen molar-refractivity contribution in [2.75, 3.05) is 24.7 Å². The summed E-state index contributed by atoms with van der Waals surface area (Å²) in [5, 5.41) is 4.07. The molecule has 0 aliphatic rings. The van der Waals surface area contributed by atoms with Crippen LogP contribution in [0.3, 0.4) is 0 Å². The lowest BCUT2D eigenvalue weighted by Crippen LogP contribution is -2.13. The van der Waals surface area contributed by atoms with E-state index in [9.17, 15) is 0 Å². The molecule has 0 aromatic heterocycles. The van der Waals surface area contributed by atoms with Gasteiger partial charge in [0.05, 0.1) is 11.6 Å². The van der Waals surface area contributed by atoms with E-state index in [1.807, 2.05) is 23.9 Å².